The third-order valence-electron chi connectivity index (χ3n) is 1.40. The summed E-state index contributed by atoms with van der Waals surface area (Å²) in [5.74, 6) is 2.23. The lowest BCUT2D eigenvalue weighted by Crippen LogP contribution is -2.15. The Labute approximate surface area is 79.0 Å². The Morgan fingerprint density at radius 3 is 2.50 bits per heavy atom. The number of hydrogen-bond acceptors (Lipinski definition) is 4. The fourth-order valence-corrected chi connectivity index (χ4v) is 3.32. The molecule has 0 radical (unpaired) electrons. The maximum Gasteiger partial charge on any atom is 0.151 e. The molecule has 2 N–H and O–H groups in total. The van der Waals surface area contributed by atoms with E-state index in [-0.39, 0.29) is 5.75 Å². The van der Waals surface area contributed by atoms with Crippen LogP contribution in [0.25, 0.3) is 0 Å². The van der Waals surface area contributed by atoms with Gasteiger partial charge in [0.05, 0.1) is 11.5 Å². The lowest BCUT2D eigenvalue weighted by Gasteiger charge is -2.01. The van der Waals surface area contributed by atoms with Gasteiger partial charge in [0.2, 0.25) is 0 Å². The van der Waals surface area contributed by atoms with E-state index in [1.54, 1.807) is 11.8 Å². The zero-order valence-electron chi connectivity index (χ0n) is 7.45. The van der Waals surface area contributed by atoms with Crippen LogP contribution in [-0.4, -0.2) is 38.0 Å². The lowest BCUT2D eigenvalue weighted by molar-refractivity contribution is 0.595. The predicted octanol–water partition coefficient (Wildman–Crippen LogP) is 0.503. The van der Waals surface area contributed by atoms with Gasteiger partial charge in [-0.25, -0.2) is 8.42 Å². The highest BCUT2D eigenvalue weighted by Crippen LogP contribution is 2.02. The fourth-order valence-electron chi connectivity index (χ4n) is 0.736. The van der Waals surface area contributed by atoms with Gasteiger partial charge in [-0.15, -0.1) is 0 Å². The van der Waals surface area contributed by atoms with Crippen LogP contribution in [0.3, 0.4) is 0 Å². The highest BCUT2D eigenvalue weighted by molar-refractivity contribution is 8.00. The van der Waals surface area contributed by atoms with Gasteiger partial charge in [-0.2, -0.15) is 11.8 Å². The van der Waals surface area contributed by atoms with Gasteiger partial charge < -0.3 is 5.73 Å². The smallest absolute Gasteiger partial charge is 0.151 e. The van der Waals surface area contributed by atoms with E-state index < -0.39 is 9.84 Å². The molecular formula is C7H17NO2S2. The molecule has 0 aliphatic heterocycles. The first kappa shape index (κ1) is 12.3. The lowest BCUT2D eigenvalue weighted by atomic mass is 10.5. The minimum absolute atomic E-state index is 0.244. The molecule has 0 unspecified atom stereocenters. The predicted molar refractivity (Wildman–Crippen MR) is 55.3 cm³/mol. The third kappa shape index (κ3) is 6.94. The van der Waals surface area contributed by atoms with Crippen molar-refractivity contribution in [3.8, 4) is 0 Å². The molecule has 5 heteroatoms. The molecule has 0 aliphatic carbocycles. The van der Waals surface area contributed by atoms with Crippen molar-refractivity contribution >= 4 is 21.6 Å². The van der Waals surface area contributed by atoms with E-state index in [0.29, 0.717) is 24.5 Å². The molecule has 0 aromatic rings. The first-order valence-electron chi connectivity index (χ1n) is 4.10. The molecule has 3 nitrogen and oxygen atoms in total. The molecule has 0 saturated heterocycles. The second-order valence-electron chi connectivity index (χ2n) is 2.49. The molecule has 0 rings (SSSR count). The van der Waals surface area contributed by atoms with Crippen molar-refractivity contribution in [1.29, 1.82) is 0 Å². The van der Waals surface area contributed by atoms with Crippen molar-refractivity contribution in [3.05, 3.63) is 0 Å². The Morgan fingerprint density at radius 2 is 2.00 bits per heavy atom. The minimum atomic E-state index is -2.82. The van der Waals surface area contributed by atoms with Crippen LogP contribution in [0.1, 0.15) is 13.3 Å². The van der Waals surface area contributed by atoms with E-state index in [2.05, 4.69) is 0 Å². The van der Waals surface area contributed by atoms with E-state index in [9.17, 15) is 8.42 Å². The SMILES string of the molecule is CCSCCS(=O)(=O)CCCN. The topological polar surface area (TPSA) is 60.2 Å². The number of rotatable bonds is 7. The zero-order valence-corrected chi connectivity index (χ0v) is 9.09. The summed E-state index contributed by atoms with van der Waals surface area (Å²) in [6.45, 7) is 2.48. The van der Waals surface area contributed by atoms with Gasteiger partial charge in [0.25, 0.3) is 0 Å². The summed E-state index contributed by atoms with van der Waals surface area (Å²) in [6.07, 6.45) is 0.582. The van der Waals surface area contributed by atoms with Crippen LogP contribution in [0.2, 0.25) is 0 Å². The van der Waals surface area contributed by atoms with Crippen molar-refractivity contribution in [2.75, 3.05) is 29.6 Å². The molecule has 0 saturated carbocycles. The largest absolute Gasteiger partial charge is 0.330 e. The summed E-state index contributed by atoms with van der Waals surface area (Å²) in [6, 6.07) is 0. The summed E-state index contributed by atoms with van der Waals surface area (Å²) < 4.78 is 22.4. The molecule has 0 aliphatic rings. The molecule has 12 heavy (non-hydrogen) atoms. The van der Waals surface area contributed by atoms with Gasteiger partial charge in [-0.3, -0.25) is 0 Å². The number of nitrogens with two attached hydrogens (primary N) is 1. The Hall–Kier alpha value is 0.260. The van der Waals surface area contributed by atoms with Crippen molar-refractivity contribution in [1.82, 2.24) is 0 Å². The van der Waals surface area contributed by atoms with Crippen LogP contribution in [0.4, 0.5) is 0 Å². The zero-order chi connectivity index (χ0) is 9.45. The van der Waals surface area contributed by atoms with Crippen LogP contribution in [0.15, 0.2) is 0 Å². The number of sulfone groups is 1. The average Bonchev–Trinajstić information content (AvgIpc) is 2.01. The molecule has 0 aromatic carbocycles. The summed E-state index contributed by atoms with van der Waals surface area (Å²) in [5.41, 5.74) is 5.22. The first-order chi connectivity index (χ1) is 5.62. The minimum Gasteiger partial charge on any atom is -0.330 e. The highest BCUT2D eigenvalue weighted by atomic mass is 32.2. The quantitative estimate of drug-likeness (QED) is 0.623. The molecule has 0 bridgehead atoms. The van der Waals surface area contributed by atoms with Gasteiger partial charge in [0.1, 0.15) is 0 Å². The van der Waals surface area contributed by atoms with Gasteiger partial charge in [-0.1, -0.05) is 6.92 Å². The summed E-state index contributed by atoms with van der Waals surface area (Å²) >= 11 is 1.66. The third-order valence-corrected chi connectivity index (χ3v) is 4.30. The van der Waals surface area contributed by atoms with E-state index in [1.807, 2.05) is 6.92 Å². The van der Waals surface area contributed by atoms with Crippen molar-refractivity contribution in [2.24, 2.45) is 5.73 Å². The Balaban J connectivity index is 3.58. The van der Waals surface area contributed by atoms with Crippen LogP contribution < -0.4 is 5.73 Å². The maximum atomic E-state index is 11.2. The van der Waals surface area contributed by atoms with Gasteiger partial charge >= 0.3 is 0 Å². The molecule has 0 fully saturated rings. The average molecular weight is 211 g/mol. The monoisotopic (exact) mass is 211 g/mol. The molecule has 0 spiro atoms. The molecular weight excluding hydrogens is 194 g/mol. The Bertz CT molecular complexity index is 190. The van der Waals surface area contributed by atoms with Gasteiger partial charge in [0.15, 0.2) is 9.84 Å². The van der Waals surface area contributed by atoms with E-state index in [4.69, 9.17) is 5.73 Å². The van der Waals surface area contributed by atoms with E-state index in [0.717, 1.165) is 5.75 Å². The Morgan fingerprint density at radius 1 is 1.33 bits per heavy atom. The van der Waals surface area contributed by atoms with Gasteiger partial charge in [0, 0.05) is 5.75 Å². The molecule has 0 aromatic heterocycles. The van der Waals surface area contributed by atoms with Crippen molar-refractivity contribution < 1.29 is 8.42 Å². The summed E-state index contributed by atoms with van der Waals surface area (Å²) in [7, 11) is -2.82. The van der Waals surface area contributed by atoms with Crippen LogP contribution in [-0.2, 0) is 9.84 Å². The molecule has 0 amide bonds. The van der Waals surface area contributed by atoms with E-state index >= 15 is 0 Å². The molecule has 0 atom stereocenters. The van der Waals surface area contributed by atoms with Crippen molar-refractivity contribution in [3.63, 3.8) is 0 Å². The van der Waals surface area contributed by atoms with E-state index in [1.165, 1.54) is 0 Å². The maximum absolute atomic E-state index is 11.2. The second-order valence-corrected chi connectivity index (χ2v) is 6.19. The second kappa shape index (κ2) is 6.74. The summed E-state index contributed by atoms with van der Waals surface area (Å²) in [5, 5.41) is 0. The first-order valence-corrected chi connectivity index (χ1v) is 7.08. The number of hydrogen-bond donors (Lipinski definition) is 1. The molecule has 74 valence electrons. The van der Waals surface area contributed by atoms with Crippen LogP contribution in [0.5, 0.6) is 0 Å². The Kier molecular flexibility index (Phi) is 6.89. The van der Waals surface area contributed by atoms with Gasteiger partial charge in [-0.05, 0) is 18.7 Å². The normalized spacial score (nSPS) is 11.8. The molecule has 0 heterocycles. The fraction of sp³-hybridized carbons (Fsp3) is 1.00. The number of thioether (sulfide) groups is 1. The van der Waals surface area contributed by atoms with Crippen LogP contribution >= 0.6 is 11.8 Å². The summed E-state index contributed by atoms with van der Waals surface area (Å²) in [4.78, 5) is 0. The van der Waals surface area contributed by atoms with Crippen LogP contribution in [0, 0.1) is 0 Å². The highest BCUT2D eigenvalue weighted by Gasteiger charge is 2.08. The standard InChI is InChI=1S/C7H17NO2S2/c1-2-11-5-7-12(9,10)6-3-4-8/h2-8H2,1H3. The van der Waals surface area contributed by atoms with Crippen molar-refractivity contribution in [2.45, 2.75) is 13.3 Å².